The van der Waals surface area contributed by atoms with Gasteiger partial charge in [0.05, 0.1) is 0 Å². The molecule has 0 spiro atoms. The molecule has 3 nitrogen and oxygen atoms in total. The summed E-state index contributed by atoms with van der Waals surface area (Å²) in [6.07, 6.45) is 5.40. The van der Waals surface area contributed by atoms with Gasteiger partial charge in [0, 0.05) is 24.8 Å². The van der Waals surface area contributed by atoms with Crippen molar-refractivity contribution < 1.29 is 0 Å². The second-order valence-corrected chi connectivity index (χ2v) is 5.42. The van der Waals surface area contributed by atoms with Crippen LogP contribution in [0.1, 0.15) is 50.8 Å². The van der Waals surface area contributed by atoms with Crippen molar-refractivity contribution in [3.8, 4) is 0 Å². The largest absolute Gasteiger partial charge is 0.354 e. The average Bonchev–Trinajstić information content (AvgIpc) is 2.92. The Morgan fingerprint density at radius 1 is 1.26 bits per heavy atom. The van der Waals surface area contributed by atoms with Crippen molar-refractivity contribution in [3.05, 3.63) is 23.4 Å². The summed E-state index contributed by atoms with van der Waals surface area (Å²) in [5.41, 5.74) is 2.47. The summed E-state index contributed by atoms with van der Waals surface area (Å²) in [4.78, 5) is 7.31. The van der Waals surface area contributed by atoms with Crippen LogP contribution >= 0.6 is 0 Å². The maximum Gasteiger partial charge on any atom is 0.129 e. The zero-order chi connectivity index (χ0) is 13.7. The Morgan fingerprint density at radius 3 is 2.58 bits per heavy atom. The smallest absolute Gasteiger partial charge is 0.129 e. The number of anilines is 1. The topological polar surface area (TPSA) is 28.2 Å². The lowest BCUT2D eigenvalue weighted by Gasteiger charge is -2.29. The monoisotopic (exact) mass is 261 g/mol. The first-order chi connectivity index (χ1) is 9.26. The van der Waals surface area contributed by atoms with E-state index in [1.807, 2.05) is 0 Å². The number of pyridine rings is 1. The van der Waals surface area contributed by atoms with Crippen LogP contribution in [-0.4, -0.2) is 24.1 Å². The van der Waals surface area contributed by atoms with Crippen LogP contribution in [0, 0.1) is 6.92 Å². The minimum absolute atomic E-state index is 0.705. The molecule has 2 rings (SSSR count). The molecule has 0 aromatic carbocycles. The molecule has 19 heavy (non-hydrogen) atoms. The van der Waals surface area contributed by atoms with Gasteiger partial charge in [-0.1, -0.05) is 25.8 Å². The van der Waals surface area contributed by atoms with E-state index in [9.17, 15) is 0 Å². The Bertz CT molecular complexity index is 397. The lowest BCUT2D eigenvalue weighted by molar-refractivity contribution is 0.611. The first-order valence-electron chi connectivity index (χ1n) is 7.70. The highest BCUT2D eigenvalue weighted by atomic mass is 15.2. The van der Waals surface area contributed by atoms with E-state index in [-0.39, 0.29) is 0 Å². The number of hydrogen-bond acceptors (Lipinski definition) is 3. The zero-order valence-corrected chi connectivity index (χ0v) is 12.6. The van der Waals surface area contributed by atoms with Crippen LogP contribution in [-0.2, 0) is 6.54 Å². The van der Waals surface area contributed by atoms with Gasteiger partial charge in [0.1, 0.15) is 5.82 Å². The van der Waals surface area contributed by atoms with E-state index in [0.29, 0.717) is 6.04 Å². The third-order valence-corrected chi connectivity index (χ3v) is 4.15. The van der Waals surface area contributed by atoms with Crippen LogP contribution in [0.4, 0.5) is 5.82 Å². The lowest BCUT2D eigenvalue weighted by atomic mass is 10.1. The number of aryl methyl sites for hydroxylation is 1. The molecule has 0 amide bonds. The van der Waals surface area contributed by atoms with Crippen LogP contribution in [0.2, 0.25) is 0 Å². The Balaban J connectivity index is 2.12. The molecular weight excluding hydrogens is 234 g/mol. The van der Waals surface area contributed by atoms with Gasteiger partial charge in [-0.15, -0.1) is 0 Å². The summed E-state index contributed by atoms with van der Waals surface area (Å²) in [5, 5.41) is 3.37. The van der Waals surface area contributed by atoms with Crippen LogP contribution in [0.25, 0.3) is 0 Å². The molecular formula is C16H27N3. The highest BCUT2D eigenvalue weighted by Gasteiger charge is 2.22. The van der Waals surface area contributed by atoms with E-state index in [2.05, 4.69) is 43.1 Å². The van der Waals surface area contributed by atoms with E-state index in [1.165, 1.54) is 31.2 Å². The Labute approximate surface area is 117 Å². The van der Waals surface area contributed by atoms with Crippen LogP contribution in [0.5, 0.6) is 0 Å². The molecule has 1 saturated carbocycles. The lowest BCUT2D eigenvalue weighted by Crippen LogP contribution is -2.33. The van der Waals surface area contributed by atoms with Crippen LogP contribution < -0.4 is 10.2 Å². The molecule has 0 aliphatic heterocycles. The molecule has 1 N–H and O–H groups in total. The van der Waals surface area contributed by atoms with E-state index in [1.54, 1.807) is 0 Å². The van der Waals surface area contributed by atoms with E-state index in [0.717, 1.165) is 31.1 Å². The molecule has 0 saturated heterocycles. The fraction of sp³-hybridized carbons (Fsp3) is 0.688. The Morgan fingerprint density at radius 2 is 2.00 bits per heavy atom. The first kappa shape index (κ1) is 14.3. The number of hydrogen-bond donors (Lipinski definition) is 1. The molecule has 1 fully saturated rings. The van der Waals surface area contributed by atoms with Gasteiger partial charge in [-0.25, -0.2) is 4.98 Å². The predicted molar refractivity (Wildman–Crippen MR) is 81.6 cm³/mol. The first-order valence-corrected chi connectivity index (χ1v) is 7.70. The summed E-state index contributed by atoms with van der Waals surface area (Å²) >= 11 is 0. The zero-order valence-electron chi connectivity index (χ0n) is 12.6. The van der Waals surface area contributed by atoms with Crippen molar-refractivity contribution in [2.75, 3.05) is 18.0 Å². The molecule has 106 valence electrons. The number of nitrogens with zero attached hydrogens (tertiary/aromatic N) is 2. The fourth-order valence-electron chi connectivity index (χ4n) is 3.01. The van der Waals surface area contributed by atoms with Crippen molar-refractivity contribution in [3.63, 3.8) is 0 Å². The highest BCUT2D eigenvalue weighted by molar-refractivity contribution is 5.43. The van der Waals surface area contributed by atoms with Crippen molar-refractivity contribution in [1.82, 2.24) is 10.3 Å². The predicted octanol–water partition coefficient (Wildman–Crippen LogP) is 3.27. The van der Waals surface area contributed by atoms with Gasteiger partial charge in [0.25, 0.3) is 0 Å². The summed E-state index contributed by atoms with van der Waals surface area (Å²) in [5.74, 6) is 1.16. The molecule has 3 heteroatoms. The van der Waals surface area contributed by atoms with Crippen LogP contribution in [0.15, 0.2) is 12.1 Å². The molecule has 0 radical (unpaired) electrons. The second kappa shape index (κ2) is 6.90. The summed E-state index contributed by atoms with van der Waals surface area (Å²) in [6, 6.07) is 5.14. The SMILES string of the molecule is CCNCc1ccc(N(CC)C2CCCC2)nc1C. The van der Waals surface area contributed by atoms with Gasteiger partial charge >= 0.3 is 0 Å². The van der Waals surface area contributed by atoms with Crippen molar-refractivity contribution in [1.29, 1.82) is 0 Å². The van der Waals surface area contributed by atoms with Gasteiger partial charge in [-0.2, -0.15) is 0 Å². The number of rotatable bonds is 6. The minimum Gasteiger partial charge on any atom is -0.354 e. The van der Waals surface area contributed by atoms with E-state index < -0.39 is 0 Å². The molecule has 0 unspecified atom stereocenters. The molecule has 0 atom stereocenters. The van der Waals surface area contributed by atoms with Gasteiger partial charge < -0.3 is 10.2 Å². The van der Waals surface area contributed by atoms with E-state index >= 15 is 0 Å². The van der Waals surface area contributed by atoms with Gasteiger partial charge in [0.2, 0.25) is 0 Å². The minimum atomic E-state index is 0.705. The fourth-order valence-corrected chi connectivity index (χ4v) is 3.01. The molecule has 0 bridgehead atoms. The third kappa shape index (κ3) is 3.47. The molecule has 1 aromatic heterocycles. The van der Waals surface area contributed by atoms with Gasteiger partial charge in [0.15, 0.2) is 0 Å². The summed E-state index contributed by atoms with van der Waals surface area (Å²) < 4.78 is 0. The standard InChI is InChI=1S/C16H27N3/c1-4-17-12-14-10-11-16(18-13(14)3)19(5-2)15-8-6-7-9-15/h10-11,15,17H,4-9,12H2,1-3H3. The quantitative estimate of drug-likeness (QED) is 0.852. The van der Waals surface area contributed by atoms with Crippen molar-refractivity contribution >= 4 is 5.82 Å². The van der Waals surface area contributed by atoms with E-state index in [4.69, 9.17) is 4.98 Å². The Hall–Kier alpha value is -1.09. The number of nitrogens with one attached hydrogen (secondary N) is 1. The maximum absolute atomic E-state index is 4.83. The third-order valence-electron chi connectivity index (χ3n) is 4.15. The van der Waals surface area contributed by atoms with Gasteiger partial charge in [-0.3, -0.25) is 0 Å². The van der Waals surface area contributed by atoms with Crippen LogP contribution in [0.3, 0.4) is 0 Å². The van der Waals surface area contributed by atoms with Gasteiger partial charge in [-0.05, 0) is 44.9 Å². The Kier molecular flexibility index (Phi) is 5.20. The highest BCUT2D eigenvalue weighted by Crippen LogP contribution is 2.27. The van der Waals surface area contributed by atoms with Crippen molar-refractivity contribution in [2.45, 2.75) is 59.0 Å². The molecule has 1 aromatic rings. The maximum atomic E-state index is 4.83. The summed E-state index contributed by atoms with van der Waals surface area (Å²) in [7, 11) is 0. The molecule has 1 heterocycles. The van der Waals surface area contributed by atoms with Crippen molar-refractivity contribution in [2.24, 2.45) is 0 Å². The average molecular weight is 261 g/mol. The second-order valence-electron chi connectivity index (χ2n) is 5.42. The summed E-state index contributed by atoms with van der Waals surface area (Å²) in [6.45, 7) is 9.48. The molecule has 1 aliphatic rings. The number of aromatic nitrogens is 1. The normalized spacial score (nSPS) is 15.9. The molecule has 1 aliphatic carbocycles.